The number of ether oxygens (including phenoxy) is 2. The van der Waals surface area contributed by atoms with Crippen molar-refractivity contribution in [3.05, 3.63) is 65.7 Å². The van der Waals surface area contributed by atoms with Crippen LogP contribution in [0.15, 0.2) is 54.6 Å². The van der Waals surface area contributed by atoms with Crippen molar-refractivity contribution in [1.82, 2.24) is 0 Å². The summed E-state index contributed by atoms with van der Waals surface area (Å²) >= 11 is 0. The number of benzene rings is 2. The third-order valence-electron chi connectivity index (χ3n) is 2.72. The molecule has 0 atom stereocenters. The van der Waals surface area contributed by atoms with E-state index < -0.39 is 0 Å². The third-order valence-corrected chi connectivity index (χ3v) is 2.72. The van der Waals surface area contributed by atoms with Gasteiger partial charge in [0, 0.05) is 0 Å². The van der Waals surface area contributed by atoms with Gasteiger partial charge in [-0.2, -0.15) is 0 Å². The lowest BCUT2D eigenvalue weighted by Crippen LogP contribution is -2.12. The SMILES string of the molecule is Cc1ccccc1OCOC(=O)Cc1ccccc1. The molecule has 2 rings (SSSR count). The van der Waals surface area contributed by atoms with Crippen LogP contribution in [-0.4, -0.2) is 12.8 Å². The monoisotopic (exact) mass is 256 g/mol. The van der Waals surface area contributed by atoms with Gasteiger partial charge in [-0.05, 0) is 24.1 Å². The van der Waals surface area contributed by atoms with Gasteiger partial charge in [0.25, 0.3) is 0 Å². The quantitative estimate of drug-likeness (QED) is 0.609. The molecular weight excluding hydrogens is 240 g/mol. The van der Waals surface area contributed by atoms with Gasteiger partial charge in [0.05, 0.1) is 6.42 Å². The molecule has 2 aromatic carbocycles. The van der Waals surface area contributed by atoms with E-state index >= 15 is 0 Å². The molecule has 98 valence electrons. The van der Waals surface area contributed by atoms with Crippen LogP contribution in [0, 0.1) is 6.92 Å². The van der Waals surface area contributed by atoms with Crippen molar-refractivity contribution in [3.8, 4) is 5.75 Å². The molecule has 0 saturated carbocycles. The molecule has 0 radical (unpaired) electrons. The van der Waals surface area contributed by atoms with Crippen LogP contribution in [-0.2, 0) is 16.0 Å². The summed E-state index contributed by atoms with van der Waals surface area (Å²) in [6, 6.07) is 17.1. The summed E-state index contributed by atoms with van der Waals surface area (Å²) < 4.78 is 10.4. The van der Waals surface area contributed by atoms with Crippen LogP contribution in [0.1, 0.15) is 11.1 Å². The number of aryl methyl sites for hydroxylation is 1. The first kappa shape index (κ1) is 13.1. The lowest BCUT2D eigenvalue weighted by Gasteiger charge is -2.09. The van der Waals surface area contributed by atoms with E-state index in [0.717, 1.165) is 16.9 Å². The average Bonchev–Trinajstić information content (AvgIpc) is 2.42. The minimum absolute atomic E-state index is 0.0590. The van der Waals surface area contributed by atoms with Crippen LogP contribution in [0.3, 0.4) is 0 Å². The van der Waals surface area contributed by atoms with Crippen molar-refractivity contribution in [2.45, 2.75) is 13.3 Å². The average molecular weight is 256 g/mol. The fourth-order valence-corrected chi connectivity index (χ4v) is 1.69. The Morgan fingerprint density at radius 3 is 2.42 bits per heavy atom. The predicted molar refractivity (Wildman–Crippen MR) is 72.9 cm³/mol. The lowest BCUT2D eigenvalue weighted by molar-refractivity contribution is -0.149. The molecule has 0 aromatic heterocycles. The van der Waals surface area contributed by atoms with Gasteiger partial charge in [0.15, 0.2) is 0 Å². The van der Waals surface area contributed by atoms with Gasteiger partial charge in [0.2, 0.25) is 6.79 Å². The van der Waals surface area contributed by atoms with Gasteiger partial charge in [-0.15, -0.1) is 0 Å². The lowest BCUT2D eigenvalue weighted by atomic mass is 10.2. The highest BCUT2D eigenvalue weighted by Crippen LogP contribution is 2.15. The van der Waals surface area contributed by atoms with Crippen molar-refractivity contribution in [2.75, 3.05) is 6.79 Å². The molecule has 19 heavy (non-hydrogen) atoms. The van der Waals surface area contributed by atoms with Crippen molar-refractivity contribution < 1.29 is 14.3 Å². The molecule has 0 aliphatic heterocycles. The maximum absolute atomic E-state index is 11.6. The maximum atomic E-state index is 11.6. The first-order valence-corrected chi connectivity index (χ1v) is 6.13. The highest BCUT2D eigenvalue weighted by molar-refractivity contribution is 5.72. The molecule has 0 aliphatic carbocycles. The number of carbonyl (C=O) groups excluding carboxylic acids is 1. The second-order valence-corrected chi connectivity index (χ2v) is 4.21. The summed E-state index contributed by atoms with van der Waals surface area (Å²) in [6.45, 7) is 1.89. The van der Waals surface area contributed by atoms with Crippen LogP contribution < -0.4 is 4.74 Å². The molecule has 0 bridgehead atoms. The molecule has 0 heterocycles. The van der Waals surface area contributed by atoms with Crippen LogP contribution >= 0.6 is 0 Å². The van der Waals surface area contributed by atoms with Gasteiger partial charge in [-0.1, -0.05) is 48.5 Å². The van der Waals surface area contributed by atoms with Crippen LogP contribution in [0.4, 0.5) is 0 Å². The highest BCUT2D eigenvalue weighted by atomic mass is 16.7. The zero-order valence-corrected chi connectivity index (χ0v) is 10.8. The Hall–Kier alpha value is -2.29. The van der Waals surface area contributed by atoms with Crippen LogP contribution in [0.2, 0.25) is 0 Å². The fourth-order valence-electron chi connectivity index (χ4n) is 1.69. The zero-order chi connectivity index (χ0) is 13.5. The summed E-state index contributed by atoms with van der Waals surface area (Å²) in [5.41, 5.74) is 1.95. The van der Waals surface area contributed by atoms with Gasteiger partial charge < -0.3 is 9.47 Å². The molecular formula is C16H16O3. The van der Waals surface area contributed by atoms with E-state index in [2.05, 4.69) is 0 Å². The number of hydrogen-bond acceptors (Lipinski definition) is 3. The second-order valence-electron chi connectivity index (χ2n) is 4.21. The standard InChI is InChI=1S/C16H16O3/c1-13-7-5-6-10-15(13)18-12-19-16(17)11-14-8-3-2-4-9-14/h2-10H,11-12H2,1H3. The molecule has 0 amide bonds. The molecule has 0 N–H and O–H groups in total. The number of rotatable bonds is 5. The van der Waals surface area contributed by atoms with E-state index in [0.29, 0.717) is 0 Å². The largest absolute Gasteiger partial charge is 0.457 e. The number of hydrogen-bond donors (Lipinski definition) is 0. The van der Waals surface area contributed by atoms with E-state index in [1.807, 2.05) is 61.5 Å². The molecule has 0 spiro atoms. The normalized spacial score (nSPS) is 9.95. The molecule has 3 heteroatoms. The summed E-state index contributed by atoms with van der Waals surface area (Å²) in [5, 5.41) is 0. The Kier molecular flexibility index (Phi) is 4.56. The maximum Gasteiger partial charge on any atom is 0.313 e. The van der Waals surface area contributed by atoms with E-state index in [4.69, 9.17) is 9.47 Å². The number of esters is 1. The summed E-state index contributed by atoms with van der Waals surface area (Å²) in [7, 11) is 0. The van der Waals surface area contributed by atoms with Crippen molar-refractivity contribution in [3.63, 3.8) is 0 Å². The molecule has 0 saturated heterocycles. The molecule has 0 aliphatic rings. The number of carbonyl (C=O) groups is 1. The predicted octanol–water partition coefficient (Wildman–Crippen LogP) is 3.12. The molecule has 0 fully saturated rings. The minimum atomic E-state index is -0.292. The van der Waals surface area contributed by atoms with Gasteiger partial charge in [-0.3, -0.25) is 4.79 Å². The van der Waals surface area contributed by atoms with Crippen molar-refractivity contribution >= 4 is 5.97 Å². The van der Waals surface area contributed by atoms with Gasteiger partial charge in [-0.25, -0.2) is 0 Å². The minimum Gasteiger partial charge on any atom is -0.457 e. The van der Waals surface area contributed by atoms with Gasteiger partial charge >= 0.3 is 5.97 Å². The van der Waals surface area contributed by atoms with E-state index in [1.54, 1.807) is 0 Å². The summed E-state index contributed by atoms with van der Waals surface area (Å²) in [4.78, 5) is 11.6. The first-order chi connectivity index (χ1) is 9.25. The Morgan fingerprint density at radius 1 is 1.00 bits per heavy atom. The van der Waals surface area contributed by atoms with Crippen LogP contribution in [0.25, 0.3) is 0 Å². The number of para-hydroxylation sites is 1. The van der Waals surface area contributed by atoms with Crippen LogP contribution in [0.5, 0.6) is 5.75 Å². The summed E-state index contributed by atoms with van der Waals surface area (Å²) in [5.74, 6) is 0.440. The smallest absolute Gasteiger partial charge is 0.313 e. The summed E-state index contributed by atoms with van der Waals surface area (Å²) in [6.07, 6.45) is 0.262. The second kappa shape index (κ2) is 6.59. The van der Waals surface area contributed by atoms with Crippen molar-refractivity contribution in [1.29, 1.82) is 0 Å². The Bertz CT molecular complexity index is 535. The fraction of sp³-hybridized carbons (Fsp3) is 0.188. The molecule has 0 unspecified atom stereocenters. The molecule has 3 nitrogen and oxygen atoms in total. The zero-order valence-electron chi connectivity index (χ0n) is 10.8. The molecule has 2 aromatic rings. The van der Waals surface area contributed by atoms with E-state index in [-0.39, 0.29) is 19.2 Å². The van der Waals surface area contributed by atoms with Crippen molar-refractivity contribution in [2.24, 2.45) is 0 Å². The first-order valence-electron chi connectivity index (χ1n) is 6.13. The highest BCUT2D eigenvalue weighted by Gasteiger charge is 2.05. The Balaban J connectivity index is 1.77. The topological polar surface area (TPSA) is 35.5 Å². The van der Waals surface area contributed by atoms with E-state index in [9.17, 15) is 4.79 Å². The van der Waals surface area contributed by atoms with E-state index in [1.165, 1.54) is 0 Å². The Labute approximate surface area is 112 Å². The van der Waals surface area contributed by atoms with Gasteiger partial charge in [0.1, 0.15) is 5.75 Å². The third kappa shape index (κ3) is 4.14. The Morgan fingerprint density at radius 2 is 1.68 bits per heavy atom.